The number of benzene rings is 2. The molecule has 8 nitrogen and oxygen atoms in total. The third-order valence-corrected chi connectivity index (χ3v) is 4.45. The highest BCUT2D eigenvalue weighted by molar-refractivity contribution is 7.91. The van der Waals surface area contributed by atoms with E-state index in [1.165, 1.54) is 48.5 Å². The average molecular weight is 303 g/mol. The number of hydrogen-bond donors (Lipinski definition) is 2. The predicted octanol–water partition coefficient (Wildman–Crippen LogP) is 2.83. The summed E-state index contributed by atoms with van der Waals surface area (Å²) in [5.74, 6) is 4.92. The van der Waals surface area contributed by atoms with Gasteiger partial charge in [0.1, 0.15) is 0 Å². The molecule has 0 aliphatic heterocycles. The Bertz CT molecular complexity index is 753. The molecule has 0 saturated carbocycles. The topological polar surface area (TPSA) is 132 Å². The van der Waals surface area contributed by atoms with Crippen molar-refractivity contribution < 1.29 is 8.42 Å². The number of nitrogens with two attached hydrogens (primary N) is 1. The van der Waals surface area contributed by atoms with Gasteiger partial charge in [0.05, 0.1) is 15.5 Å². The molecule has 0 aliphatic rings. The fourth-order valence-electron chi connectivity index (χ4n) is 1.66. The van der Waals surface area contributed by atoms with Crippen LogP contribution < -0.4 is 11.3 Å². The predicted molar refractivity (Wildman–Crippen MR) is 76.4 cm³/mol. The van der Waals surface area contributed by atoms with Gasteiger partial charge in [-0.2, -0.15) is 0 Å². The minimum atomic E-state index is -3.63. The number of hydrogen-bond acceptors (Lipinski definition) is 5. The van der Waals surface area contributed by atoms with Crippen LogP contribution in [0.15, 0.2) is 73.9 Å². The van der Waals surface area contributed by atoms with Crippen LogP contribution in [0.25, 0.3) is 5.53 Å². The van der Waals surface area contributed by atoms with Crippen LogP contribution in [0.5, 0.6) is 0 Å². The fourth-order valence-corrected chi connectivity index (χ4v) is 2.92. The van der Waals surface area contributed by atoms with Gasteiger partial charge in [-0.1, -0.05) is 17.4 Å². The molecule has 0 atom stereocenters. The first kappa shape index (κ1) is 14.6. The Morgan fingerprint density at radius 3 is 1.95 bits per heavy atom. The van der Waals surface area contributed by atoms with Crippen LogP contribution >= 0.6 is 0 Å². The van der Waals surface area contributed by atoms with Crippen LogP contribution in [0.4, 0.5) is 11.4 Å². The summed E-state index contributed by atoms with van der Waals surface area (Å²) >= 11 is 0. The molecule has 0 bridgehead atoms. The lowest BCUT2D eigenvalue weighted by Crippen LogP contribution is -2.01. The molecule has 0 spiro atoms. The lowest BCUT2D eigenvalue weighted by molar-refractivity contribution is 0.596. The number of rotatable bonds is 5. The van der Waals surface area contributed by atoms with E-state index in [0.29, 0.717) is 11.4 Å². The average Bonchev–Trinajstić information content (AvgIpc) is 2.49. The van der Waals surface area contributed by atoms with Crippen molar-refractivity contribution in [2.45, 2.75) is 9.79 Å². The second-order valence-corrected chi connectivity index (χ2v) is 5.90. The van der Waals surface area contributed by atoms with Crippen molar-refractivity contribution >= 4 is 21.2 Å². The number of sulfone groups is 1. The van der Waals surface area contributed by atoms with E-state index in [1.807, 2.05) is 0 Å². The highest BCUT2D eigenvalue weighted by Gasteiger charge is 2.17. The summed E-state index contributed by atoms with van der Waals surface area (Å²) < 4.78 is 24.8. The third-order valence-electron chi connectivity index (χ3n) is 2.66. The van der Waals surface area contributed by atoms with Crippen molar-refractivity contribution in [2.75, 3.05) is 5.43 Å². The van der Waals surface area contributed by atoms with E-state index in [1.54, 1.807) is 0 Å². The van der Waals surface area contributed by atoms with Gasteiger partial charge in [0, 0.05) is 0 Å². The minimum absolute atomic E-state index is 0.124. The van der Waals surface area contributed by atoms with Crippen molar-refractivity contribution in [3.63, 3.8) is 0 Å². The summed E-state index contributed by atoms with van der Waals surface area (Å²) in [5, 5.41) is 9.48. The first-order valence-electron chi connectivity index (χ1n) is 5.74. The Kier molecular flexibility index (Phi) is 4.24. The Balaban J connectivity index is 2.34. The maximum atomic E-state index is 12.4. The fraction of sp³-hybridized carbons (Fsp3) is 0. The molecule has 2 rings (SSSR count). The number of anilines is 1. The van der Waals surface area contributed by atoms with Crippen LogP contribution in [0, 0.1) is 0 Å². The van der Waals surface area contributed by atoms with Crippen LogP contribution in [-0.2, 0) is 9.84 Å². The Hall–Kier alpha value is -2.81. The van der Waals surface area contributed by atoms with Crippen molar-refractivity contribution in [3.8, 4) is 0 Å². The van der Waals surface area contributed by atoms with Gasteiger partial charge in [0.15, 0.2) is 0 Å². The summed E-state index contributed by atoms with van der Waals surface area (Å²) in [6.07, 6.45) is 0. The molecule has 9 heteroatoms. The van der Waals surface area contributed by atoms with E-state index < -0.39 is 9.84 Å². The molecule has 2 aromatic rings. The maximum absolute atomic E-state index is 12.4. The molecule has 0 heterocycles. The van der Waals surface area contributed by atoms with Crippen LogP contribution in [0.2, 0.25) is 0 Å². The molecule has 0 amide bonds. The van der Waals surface area contributed by atoms with E-state index >= 15 is 0 Å². The Labute approximate surface area is 121 Å². The molecule has 0 saturated heterocycles. The number of nitrogens with zero attached hydrogens (tertiary/aromatic N) is 4. The highest BCUT2D eigenvalue weighted by atomic mass is 32.2. The van der Waals surface area contributed by atoms with Crippen molar-refractivity contribution in [2.24, 2.45) is 21.4 Å². The normalized spacial score (nSPS) is 11.4. The number of nitrogens with one attached hydrogen (secondary N) is 1. The second kappa shape index (κ2) is 6.09. The molecule has 21 heavy (non-hydrogen) atoms. The van der Waals surface area contributed by atoms with E-state index in [2.05, 4.69) is 21.0 Å². The van der Waals surface area contributed by atoms with Crippen LogP contribution in [0.3, 0.4) is 0 Å². The quantitative estimate of drug-likeness (QED) is 0.499. The summed E-state index contributed by atoms with van der Waals surface area (Å²) in [4.78, 5) is 0.255. The molecular formula is C12H11N6O2S-. The maximum Gasteiger partial charge on any atom is 0.206 e. The zero-order valence-electron chi connectivity index (χ0n) is 10.7. The van der Waals surface area contributed by atoms with Gasteiger partial charge >= 0.3 is 0 Å². The zero-order valence-corrected chi connectivity index (χ0v) is 11.5. The summed E-state index contributed by atoms with van der Waals surface area (Å²) in [6, 6.07) is 11.7. The van der Waals surface area contributed by atoms with Gasteiger partial charge in [-0.05, 0) is 42.1 Å². The molecule has 108 valence electrons. The highest BCUT2D eigenvalue weighted by Crippen LogP contribution is 2.24. The van der Waals surface area contributed by atoms with Gasteiger partial charge in [-0.3, -0.25) is 5.22 Å². The molecule has 0 aromatic heterocycles. The van der Waals surface area contributed by atoms with E-state index in [9.17, 15) is 8.42 Å². The minimum Gasteiger partial charge on any atom is -0.387 e. The molecule has 0 aliphatic carbocycles. The van der Waals surface area contributed by atoms with Gasteiger partial charge in [-0.25, -0.2) is 8.42 Å². The summed E-state index contributed by atoms with van der Waals surface area (Å²) in [5.41, 5.74) is 11.6. The van der Waals surface area contributed by atoms with Crippen LogP contribution in [0.1, 0.15) is 0 Å². The molecule has 0 unspecified atom stereocenters. The van der Waals surface area contributed by atoms with Crippen molar-refractivity contribution in [1.82, 2.24) is 0 Å². The van der Waals surface area contributed by atoms with Crippen molar-refractivity contribution in [1.29, 1.82) is 0 Å². The van der Waals surface area contributed by atoms with E-state index in [4.69, 9.17) is 11.4 Å². The van der Waals surface area contributed by atoms with Gasteiger partial charge in [-0.15, -0.1) is 5.11 Å². The molecule has 0 fully saturated rings. The standard InChI is InChI=1S/C12H11N6O2S/c13-17-15-9-1-5-11(6-2-9)21(19,20)12-7-3-10(4-8-12)16-18-14/h1-8H,(H3-,13,14,15,16)/q-1. The first-order valence-corrected chi connectivity index (χ1v) is 7.22. The van der Waals surface area contributed by atoms with Gasteiger partial charge in [0.2, 0.25) is 9.84 Å². The molecule has 2 aromatic carbocycles. The molecular weight excluding hydrogens is 292 g/mol. The summed E-state index contributed by atoms with van der Waals surface area (Å²) in [6.45, 7) is 0. The smallest absolute Gasteiger partial charge is 0.206 e. The van der Waals surface area contributed by atoms with Crippen molar-refractivity contribution in [3.05, 3.63) is 54.1 Å². The van der Waals surface area contributed by atoms with E-state index in [0.717, 1.165) is 0 Å². The van der Waals surface area contributed by atoms with Gasteiger partial charge in [0.25, 0.3) is 0 Å². The first-order chi connectivity index (χ1) is 10.1. The summed E-state index contributed by atoms with van der Waals surface area (Å²) in [7, 11) is -3.63. The van der Waals surface area contributed by atoms with E-state index in [-0.39, 0.29) is 9.79 Å². The largest absolute Gasteiger partial charge is 0.387 e. The SMILES string of the molecule is [N-]=NNc1ccc(S(=O)(=O)c2ccc(N=NN)cc2)cc1. The Morgan fingerprint density at radius 1 is 0.952 bits per heavy atom. The zero-order chi connectivity index (χ0) is 15.3. The molecule has 0 radical (unpaired) electrons. The second-order valence-electron chi connectivity index (χ2n) is 3.95. The monoisotopic (exact) mass is 303 g/mol. The van der Waals surface area contributed by atoms with Gasteiger partial charge < -0.3 is 16.8 Å². The lowest BCUT2D eigenvalue weighted by Gasteiger charge is -2.08. The van der Waals surface area contributed by atoms with Crippen LogP contribution in [-0.4, -0.2) is 8.42 Å². The molecule has 3 N–H and O–H groups in total. The lowest BCUT2D eigenvalue weighted by atomic mass is 10.3. The Morgan fingerprint density at radius 2 is 1.48 bits per heavy atom. The third kappa shape index (κ3) is 3.20.